The molecule has 3 amide bonds. The van der Waals surface area contributed by atoms with Crippen molar-refractivity contribution in [1.29, 1.82) is 0 Å². The number of unbranched alkanes of at least 4 members (excludes halogenated alkanes) is 1. The van der Waals surface area contributed by atoms with E-state index < -0.39 is 12.0 Å². The van der Waals surface area contributed by atoms with Crippen LogP contribution >= 0.6 is 0 Å². The van der Waals surface area contributed by atoms with Crippen LogP contribution in [0.25, 0.3) is 0 Å². The summed E-state index contributed by atoms with van der Waals surface area (Å²) in [4.78, 5) is 79.6. The van der Waals surface area contributed by atoms with Crippen LogP contribution in [0, 0.1) is 0 Å². The van der Waals surface area contributed by atoms with Crippen molar-refractivity contribution >= 4 is 41.9 Å². The number of aromatic nitrogens is 3. The van der Waals surface area contributed by atoms with Crippen LogP contribution in [0.5, 0.6) is 0 Å². The lowest BCUT2D eigenvalue weighted by atomic mass is 10.2. The van der Waals surface area contributed by atoms with Gasteiger partial charge in [-0.15, -0.1) is 5.06 Å². The number of rotatable bonds is 27. The second-order valence-electron chi connectivity index (χ2n) is 11.5. The monoisotopic (exact) mass is 708 g/mol. The number of carbonyl (C=O) groups is 5. The van der Waals surface area contributed by atoms with E-state index in [-0.39, 0.29) is 93.7 Å². The number of amides is 3. The lowest BCUT2D eigenvalue weighted by Crippen LogP contribution is -2.54. The minimum atomic E-state index is -0.673. The molecule has 1 fully saturated rings. The van der Waals surface area contributed by atoms with Crippen molar-refractivity contribution in [3.05, 3.63) is 5.82 Å². The average molecular weight is 709 g/mol. The van der Waals surface area contributed by atoms with Gasteiger partial charge in [0.15, 0.2) is 5.82 Å². The predicted octanol–water partition coefficient (Wildman–Crippen LogP) is -2.75. The molecule has 1 aromatic heterocycles. The summed E-state index contributed by atoms with van der Waals surface area (Å²) in [5, 5.41) is 18.0. The average Bonchev–Trinajstić information content (AvgIpc) is 3.09. The Morgan fingerprint density at radius 2 is 1.22 bits per heavy atom. The molecule has 2 rings (SSSR count). The van der Waals surface area contributed by atoms with Gasteiger partial charge in [0.2, 0.25) is 29.6 Å². The van der Waals surface area contributed by atoms with Crippen LogP contribution in [-0.4, -0.2) is 134 Å². The Balaban J connectivity index is 2.23. The smallest absolute Gasteiger partial charge is 0.325 e. The molecule has 0 spiro atoms. The second kappa shape index (κ2) is 25.8. The van der Waals surface area contributed by atoms with Crippen LogP contribution in [0.15, 0.2) is 0 Å². The van der Waals surface area contributed by atoms with Crippen molar-refractivity contribution in [1.82, 2.24) is 46.4 Å². The zero-order valence-corrected chi connectivity index (χ0v) is 28.9. The van der Waals surface area contributed by atoms with E-state index in [2.05, 4.69) is 47.0 Å². The van der Waals surface area contributed by atoms with Crippen LogP contribution < -0.4 is 49.2 Å². The van der Waals surface area contributed by atoms with E-state index in [4.69, 9.17) is 22.0 Å². The van der Waals surface area contributed by atoms with Crippen molar-refractivity contribution in [2.75, 3.05) is 89.2 Å². The molecular formula is C30H56N14O6. The largest absolute Gasteiger partial charge is 0.367 e. The number of carbonyl (C=O) groups excluding carboxylic acids is 5. The molecule has 1 unspecified atom stereocenters. The summed E-state index contributed by atoms with van der Waals surface area (Å²) in [6.07, 6.45) is 3.99. The first-order valence-electron chi connectivity index (χ1n) is 17.3. The molecule has 20 nitrogen and oxygen atoms in total. The van der Waals surface area contributed by atoms with Crippen molar-refractivity contribution in [3.8, 4) is 0 Å². The second-order valence-corrected chi connectivity index (χ2v) is 11.5. The van der Waals surface area contributed by atoms with Gasteiger partial charge in [0, 0.05) is 91.0 Å². The summed E-state index contributed by atoms with van der Waals surface area (Å²) in [5.74, 6) is -0.304. The molecule has 1 atom stereocenters. The van der Waals surface area contributed by atoms with Crippen molar-refractivity contribution in [3.63, 3.8) is 0 Å². The third-order valence-corrected chi connectivity index (χ3v) is 7.27. The van der Waals surface area contributed by atoms with Gasteiger partial charge in [0.1, 0.15) is 12.3 Å². The Hall–Kier alpha value is -4.08. The highest BCUT2D eigenvalue weighted by molar-refractivity contribution is 5.77. The van der Waals surface area contributed by atoms with E-state index in [0.29, 0.717) is 78.0 Å². The molecule has 0 aromatic carbocycles. The molecule has 50 heavy (non-hydrogen) atoms. The number of hydrazine groups is 1. The molecule has 1 aromatic rings. The third-order valence-electron chi connectivity index (χ3n) is 7.27. The molecule has 0 saturated carbocycles. The van der Waals surface area contributed by atoms with Gasteiger partial charge in [-0.1, -0.05) is 0 Å². The van der Waals surface area contributed by atoms with Crippen LogP contribution in [0.3, 0.4) is 0 Å². The third kappa shape index (κ3) is 18.1. The highest BCUT2D eigenvalue weighted by Crippen LogP contribution is 2.25. The highest BCUT2D eigenvalue weighted by atomic mass is 16.7. The maximum absolute atomic E-state index is 12.7. The highest BCUT2D eigenvalue weighted by Gasteiger charge is 2.34. The van der Waals surface area contributed by atoms with Crippen molar-refractivity contribution in [2.45, 2.75) is 63.8 Å². The summed E-state index contributed by atoms with van der Waals surface area (Å²) in [6, 6.07) is -0.673. The number of nitrogens with one attached hydrogen (secondary N) is 6. The quantitative estimate of drug-likeness (QED) is 0.0331. The summed E-state index contributed by atoms with van der Waals surface area (Å²) < 4.78 is 0. The van der Waals surface area contributed by atoms with E-state index >= 15 is 0 Å². The van der Waals surface area contributed by atoms with Gasteiger partial charge in [-0.3, -0.25) is 24.6 Å². The summed E-state index contributed by atoms with van der Waals surface area (Å²) >= 11 is 0. The van der Waals surface area contributed by atoms with Gasteiger partial charge in [0.25, 0.3) is 0 Å². The molecule has 1 aliphatic heterocycles. The summed E-state index contributed by atoms with van der Waals surface area (Å²) in [7, 11) is 0. The Bertz CT molecular complexity index is 1130. The molecule has 2 heterocycles. The van der Waals surface area contributed by atoms with E-state index in [1.54, 1.807) is 0 Å². The predicted molar refractivity (Wildman–Crippen MR) is 186 cm³/mol. The van der Waals surface area contributed by atoms with Crippen LogP contribution in [0.1, 0.15) is 69.7 Å². The maximum atomic E-state index is 12.7. The van der Waals surface area contributed by atoms with E-state index in [0.717, 1.165) is 6.29 Å². The Labute approximate surface area is 293 Å². The number of hydrogen-bond donors (Lipinski definition) is 9. The molecular weight excluding hydrogens is 652 g/mol. The normalized spacial score (nSPS) is 14.8. The van der Waals surface area contributed by atoms with Crippen molar-refractivity contribution in [2.24, 2.45) is 17.2 Å². The lowest BCUT2D eigenvalue weighted by molar-refractivity contribution is -0.217. The summed E-state index contributed by atoms with van der Waals surface area (Å²) in [6.45, 7) is 4.73. The number of nitrogens with two attached hydrogens (primary N) is 3. The zero-order chi connectivity index (χ0) is 36.4. The number of nitrogens with zero attached hydrogens (tertiary/aromatic N) is 5. The zero-order valence-electron chi connectivity index (χ0n) is 28.9. The van der Waals surface area contributed by atoms with Crippen LogP contribution in [-0.2, 0) is 28.8 Å². The van der Waals surface area contributed by atoms with Gasteiger partial charge in [-0.25, -0.2) is 5.01 Å². The van der Waals surface area contributed by atoms with E-state index in [1.807, 2.05) is 5.01 Å². The van der Waals surface area contributed by atoms with E-state index in [1.165, 1.54) is 5.06 Å². The first-order chi connectivity index (χ1) is 24.3. The number of piperazine rings is 1. The fourth-order valence-electron chi connectivity index (χ4n) is 4.59. The van der Waals surface area contributed by atoms with E-state index in [9.17, 15) is 24.0 Å². The van der Waals surface area contributed by atoms with Crippen molar-refractivity contribution < 1.29 is 28.8 Å². The van der Waals surface area contributed by atoms with Gasteiger partial charge in [0.05, 0.1) is 0 Å². The fourth-order valence-corrected chi connectivity index (χ4v) is 4.59. The lowest BCUT2D eigenvalue weighted by Gasteiger charge is -2.39. The van der Waals surface area contributed by atoms with Gasteiger partial charge in [-0.2, -0.15) is 15.0 Å². The minimum Gasteiger partial charge on any atom is -0.367 e. The first-order valence-corrected chi connectivity index (χ1v) is 17.3. The number of hydroxylamine groups is 2. The topological polar surface area (TPSA) is 290 Å². The van der Waals surface area contributed by atoms with Gasteiger partial charge in [-0.05, 0) is 45.3 Å². The Morgan fingerprint density at radius 1 is 0.700 bits per heavy atom. The molecule has 12 N–H and O–H groups in total. The SMILES string of the molecule is NCCCNC(=O)CCNc1nc(NCCC(=O)NCCCN)nc(C2CN(NCCC(=O)NCCCN)CCN2OC(=O)CCCC=O)n1. The number of hydrogen-bond acceptors (Lipinski definition) is 17. The van der Waals surface area contributed by atoms with Crippen LogP contribution in [0.2, 0.25) is 0 Å². The Kier molecular flexibility index (Phi) is 21.7. The number of anilines is 2. The molecule has 0 radical (unpaired) electrons. The molecule has 0 bridgehead atoms. The van der Waals surface area contributed by atoms with Gasteiger partial charge < -0.3 is 53.4 Å². The molecule has 20 heteroatoms. The molecule has 1 saturated heterocycles. The minimum absolute atomic E-state index is 0.0562. The maximum Gasteiger partial charge on any atom is 0.325 e. The standard InChI is InChI=1S/C30H56N14O6/c31-10-3-13-34-24(46)7-16-37-29-40-28(41-30(42-29)38-17-8-25(47)35-14-4-11-32)23-22-43(39-18-9-26(48)36-15-5-12-33)19-20-44(23)50-27(49)6-1-2-21-45/h21,23,39H,1-20,22,31-33H2,(H,34,46)(H,35,47)(H,36,48)(H2,37,38,40,41,42). The molecule has 0 aliphatic carbocycles. The molecule has 282 valence electrons. The first kappa shape index (κ1) is 42.1. The summed E-state index contributed by atoms with van der Waals surface area (Å²) in [5.41, 5.74) is 19.7. The number of aldehydes is 1. The van der Waals surface area contributed by atoms with Gasteiger partial charge >= 0.3 is 5.97 Å². The fraction of sp³-hybridized carbons (Fsp3) is 0.733. The Morgan fingerprint density at radius 3 is 1.72 bits per heavy atom. The molecule has 1 aliphatic rings. The van der Waals surface area contributed by atoms with Crippen LogP contribution in [0.4, 0.5) is 11.9 Å².